The van der Waals surface area contributed by atoms with Gasteiger partial charge in [-0.25, -0.2) is 9.78 Å². The van der Waals surface area contributed by atoms with Gasteiger partial charge in [-0.2, -0.15) is 0 Å². The number of hydrogen-bond donors (Lipinski definition) is 1. The Hall–Kier alpha value is -2.64. The second-order valence-electron chi connectivity index (χ2n) is 3.79. The van der Waals surface area contributed by atoms with Gasteiger partial charge >= 0.3 is 5.97 Å². The third-order valence-corrected chi connectivity index (χ3v) is 2.38. The number of aromatic carboxylic acids is 1. The Kier molecular flexibility index (Phi) is 3.32. The predicted octanol–water partition coefficient (Wildman–Crippen LogP) is 0.295. The van der Waals surface area contributed by atoms with Crippen LogP contribution in [0.3, 0.4) is 0 Å². The molecule has 0 radical (unpaired) electrons. The molecule has 0 aliphatic heterocycles. The second kappa shape index (κ2) is 4.92. The molecule has 0 saturated carbocycles. The van der Waals surface area contributed by atoms with Gasteiger partial charge in [-0.05, 0) is 6.92 Å². The summed E-state index contributed by atoms with van der Waals surface area (Å²) in [6, 6.07) is 2.71. The first-order chi connectivity index (χ1) is 9.01. The minimum atomic E-state index is -1.20. The quantitative estimate of drug-likeness (QED) is 0.846. The molecule has 0 aromatic carbocycles. The number of carbonyl (C=O) groups is 1. The van der Waals surface area contributed by atoms with Crippen molar-refractivity contribution in [2.75, 3.05) is 7.11 Å². The van der Waals surface area contributed by atoms with Gasteiger partial charge in [0.2, 0.25) is 0 Å². The summed E-state index contributed by atoms with van der Waals surface area (Å²) in [6.45, 7) is 1.67. The van der Waals surface area contributed by atoms with Gasteiger partial charge in [-0.1, -0.05) is 5.16 Å². The third-order valence-electron chi connectivity index (χ3n) is 2.38. The lowest BCUT2D eigenvalue weighted by Crippen LogP contribution is -2.23. The van der Waals surface area contributed by atoms with E-state index in [1.807, 2.05) is 0 Å². The average Bonchev–Trinajstić information content (AvgIpc) is 2.81. The van der Waals surface area contributed by atoms with Crippen LogP contribution in [0.4, 0.5) is 0 Å². The standard InChI is InChI=1S/C11H11N3O5/c1-6-3-9(15)14(11(12-6)18-2)5-7-4-8(10(16)17)13-19-7/h3-4H,5H2,1-2H3,(H,16,17). The van der Waals surface area contributed by atoms with Crippen LogP contribution in [0.15, 0.2) is 21.5 Å². The van der Waals surface area contributed by atoms with Crippen molar-refractivity contribution in [3.05, 3.63) is 39.6 Å². The van der Waals surface area contributed by atoms with Gasteiger partial charge < -0.3 is 14.4 Å². The predicted molar refractivity (Wildman–Crippen MR) is 62.4 cm³/mol. The van der Waals surface area contributed by atoms with Gasteiger partial charge in [0.05, 0.1) is 13.7 Å². The molecule has 0 saturated heterocycles. The molecule has 0 unspecified atom stereocenters. The molecule has 0 aliphatic carbocycles. The second-order valence-corrected chi connectivity index (χ2v) is 3.79. The summed E-state index contributed by atoms with van der Waals surface area (Å²) < 4.78 is 11.1. The van der Waals surface area contributed by atoms with E-state index in [9.17, 15) is 9.59 Å². The number of aryl methyl sites for hydroxylation is 1. The molecular weight excluding hydrogens is 254 g/mol. The normalized spacial score (nSPS) is 10.4. The van der Waals surface area contributed by atoms with E-state index >= 15 is 0 Å². The van der Waals surface area contributed by atoms with Gasteiger partial charge in [-0.15, -0.1) is 0 Å². The van der Waals surface area contributed by atoms with Crippen molar-refractivity contribution in [3.8, 4) is 6.01 Å². The molecule has 2 aromatic rings. The number of carboxylic acid groups (broad SMARTS) is 1. The first kappa shape index (κ1) is 12.8. The SMILES string of the molecule is COc1nc(C)cc(=O)n1Cc1cc(C(=O)O)no1. The Bertz CT molecular complexity index is 673. The number of carboxylic acids is 1. The highest BCUT2D eigenvalue weighted by molar-refractivity contribution is 5.85. The molecule has 0 amide bonds. The van der Waals surface area contributed by atoms with Crippen LogP contribution in [0.5, 0.6) is 6.01 Å². The molecule has 2 aromatic heterocycles. The van der Waals surface area contributed by atoms with Crippen LogP contribution in [0.1, 0.15) is 21.9 Å². The maximum atomic E-state index is 11.8. The fraction of sp³-hybridized carbons (Fsp3) is 0.273. The van der Waals surface area contributed by atoms with E-state index in [-0.39, 0.29) is 29.6 Å². The Morgan fingerprint density at radius 3 is 2.84 bits per heavy atom. The molecule has 0 bridgehead atoms. The summed E-state index contributed by atoms with van der Waals surface area (Å²) in [5.74, 6) is -0.972. The van der Waals surface area contributed by atoms with Crippen LogP contribution in [-0.2, 0) is 6.54 Å². The molecule has 0 fully saturated rings. The van der Waals surface area contributed by atoms with Crippen molar-refractivity contribution in [2.24, 2.45) is 0 Å². The maximum absolute atomic E-state index is 11.8. The largest absolute Gasteiger partial charge is 0.476 e. The summed E-state index contributed by atoms with van der Waals surface area (Å²) in [5, 5.41) is 12.1. The number of hydrogen-bond acceptors (Lipinski definition) is 6. The van der Waals surface area contributed by atoms with E-state index in [1.165, 1.54) is 23.8 Å². The molecule has 100 valence electrons. The van der Waals surface area contributed by atoms with E-state index in [4.69, 9.17) is 14.4 Å². The number of nitrogens with zero attached hydrogens (tertiary/aromatic N) is 3. The summed E-state index contributed by atoms with van der Waals surface area (Å²) in [5.41, 5.74) is -0.0124. The summed E-state index contributed by atoms with van der Waals surface area (Å²) in [7, 11) is 1.39. The highest BCUT2D eigenvalue weighted by atomic mass is 16.5. The monoisotopic (exact) mass is 265 g/mol. The molecule has 19 heavy (non-hydrogen) atoms. The van der Waals surface area contributed by atoms with E-state index in [2.05, 4.69) is 10.1 Å². The first-order valence-corrected chi connectivity index (χ1v) is 5.32. The summed E-state index contributed by atoms with van der Waals surface area (Å²) >= 11 is 0. The van der Waals surface area contributed by atoms with Gasteiger partial charge in [-0.3, -0.25) is 9.36 Å². The number of methoxy groups -OCH3 is 1. The van der Waals surface area contributed by atoms with Crippen molar-refractivity contribution in [3.63, 3.8) is 0 Å². The van der Waals surface area contributed by atoms with Crippen LogP contribution >= 0.6 is 0 Å². The summed E-state index contributed by atoms with van der Waals surface area (Å²) in [6.07, 6.45) is 0. The molecule has 0 aliphatic rings. The third kappa shape index (κ3) is 2.62. The Morgan fingerprint density at radius 1 is 1.53 bits per heavy atom. The highest BCUT2D eigenvalue weighted by Crippen LogP contribution is 2.10. The van der Waals surface area contributed by atoms with Crippen molar-refractivity contribution in [1.29, 1.82) is 0 Å². The van der Waals surface area contributed by atoms with E-state index < -0.39 is 5.97 Å². The lowest BCUT2D eigenvalue weighted by Gasteiger charge is -2.08. The smallest absolute Gasteiger partial charge is 0.358 e. The van der Waals surface area contributed by atoms with Crippen molar-refractivity contribution in [1.82, 2.24) is 14.7 Å². The number of aromatic nitrogens is 3. The zero-order valence-corrected chi connectivity index (χ0v) is 10.3. The number of rotatable bonds is 4. The maximum Gasteiger partial charge on any atom is 0.358 e. The zero-order chi connectivity index (χ0) is 14.0. The van der Waals surface area contributed by atoms with Gasteiger partial charge in [0, 0.05) is 17.8 Å². The highest BCUT2D eigenvalue weighted by Gasteiger charge is 2.14. The molecule has 0 atom stereocenters. The lowest BCUT2D eigenvalue weighted by atomic mass is 10.3. The zero-order valence-electron chi connectivity index (χ0n) is 10.3. The molecule has 0 spiro atoms. The van der Waals surface area contributed by atoms with Crippen LogP contribution in [0.2, 0.25) is 0 Å². The van der Waals surface area contributed by atoms with E-state index in [1.54, 1.807) is 6.92 Å². The van der Waals surface area contributed by atoms with E-state index in [0.29, 0.717) is 5.69 Å². The lowest BCUT2D eigenvalue weighted by molar-refractivity contribution is 0.0685. The molecule has 1 N–H and O–H groups in total. The van der Waals surface area contributed by atoms with Crippen molar-refractivity contribution < 1.29 is 19.2 Å². The Morgan fingerprint density at radius 2 is 2.26 bits per heavy atom. The fourth-order valence-corrected chi connectivity index (χ4v) is 1.54. The topological polar surface area (TPSA) is 107 Å². The van der Waals surface area contributed by atoms with Crippen molar-refractivity contribution >= 4 is 5.97 Å². The van der Waals surface area contributed by atoms with Crippen molar-refractivity contribution in [2.45, 2.75) is 13.5 Å². The molecule has 8 nitrogen and oxygen atoms in total. The van der Waals surface area contributed by atoms with Crippen LogP contribution < -0.4 is 10.3 Å². The Balaban J connectivity index is 2.37. The average molecular weight is 265 g/mol. The fourth-order valence-electron chi connectivity index (χ4n) is 1.54. The summed E-state index contributed by atoms with van der Waals surface area (Å²) in [4.78, 5) is 26.6. The molecular formula is C11H11N3O5. The van der Waals surface area contributed by atoms with Gasteiger partial charge in [0.1, 0.15) is 0 Å². The van der Waals surface area contributed by atoms with Gasteiger partial charge in [0.25, 0.3) is 11.6 Å². The van der Waals surface area contributed by atoms with Crippen LogP contribution in [0.25, 0.3) is 0 Å². The van der Waals surface area contributed by atoms with Crippen LogP contribution in [-0.4, -0.2) is 32.9 Å². The Labute approximate surface area is 107 Å². The molecule has 2 rings (SSSR count). The van der Waals surface area contributed by atoms with Crippen LogP contribution in [0, 0.1) is 6.92 Å². The first-order valence-electron chi connectivity index (χ1n) is 5.32. The molecule has 8 heteroatoms. The minimum Gasteiger partial charge on any atom is -0.476 e. The molecule has 2 heterocycles. The van der Waals surface area contributed by atoms with Gasteiger partial charge in [0.15, 0.2) is 11.5 Å². The minimum absolute atomic E-state index is 0.00440. The van der Waals surface area contributed by atoms with E-state index in [0.717, 1.165) is 0 Å². The number of ether oxygens (including phenoxy) is 1.